The number of H-pyrrole nitrogens is 2. The molecule has 0 fully saturated rings. The van der Waals surface area contributed by atoms with E-state index < -0.39 is 6.23 Å². The topological polar surface area (TPSA) is 103 Å². The number of nitrogens with one attached hydrogen (secondary N) is 3. The van der Waals surface area contributed by atoms with Crippen molar-refractivity contribution < 1.29 is 5.11 Å². The number of para-hydroxylation sites is 1. The van der Waals surface area contributed by atoms with E-state index in [1.807, 2.05) is 48.7 Å². The fourth-order valence-corrected chi connectivity index (χ4v) is 2.65. The molecule has 7 nitrogen and oxygen atoms in total. The van der Waals surface area contributed by atoms with Gasteiger partial charge >= 0.3 is 0 Å². The standard InChI is InChI=1S/C17H16N6O/c24-15(9-11-10-19-13-6-2-1-5-12(11)13)20-17-21-16(22-23-17)14-7-3-4-8-18-14/h1-8,10,15,19,24H,9H2,(H2,20,21,22,23). The molecule has 0 bridgehead atoms. The first-order valence-electron chi connectivity index (χ1n) is 7.63. The zero-order valence-electron chi connectivity index (χ0n) is 12.8. The van der Waals surface area contributed by atoms with Crippen LogP contribution in [0.1, 0.15) is 5.56 Å². The van der Waals surface area contributed by atoms with Crippen LogP contribution >= 0.6 is 0 Å². The third kappa shape index (κ3) is 2.84. The maximum atomic E-state index is 10.3. The van der Waals surface area contributed by atoms with Crippen molar-refractivity contribution in [3.8, 4) is 11.5 Å². The highest BCUT2D eigenvalue weighted by molar-refractivity contribution is 5.83. The van der Waals surface area contributed by atoms with Crippen molar-refractivity contribution in [3.63, 3.8) is 0 Å². The second-order valence-corrected chi connectivity index (χ2v) is 5.45. The number of aromatic nitrogens is 5. The second-order valence-electron chi connectivity index (χ2n) is 5.45. The van der Waals surface area contributed by atoms with Gasteiger partial charge in [-0.2, -0.15) is 4.98 Å². The number of aliphatic hydroxyl groups excluding tert-OH is 1. The van der Waals surface area contributed by atoms with Crippen molar-refractivity contribution in [3.05, 3.63) is 60.4 Å². The van der Waals surface area contributed by atoms with Crippen LogP contribution in [0.4, 0.5) is 5.95 Å². The number of nitrogens with zero attached hydrogens (tertiary/aromatic N) is 3. The maximum absolute atomic E-state index is 10.3. The van der Waals surface area contributed by atoms with Gasteiger partial charge in [0.1, 0.15) is 11.9 Å². The average molecular weight is 320 g/mol. The second kappa shape index (κ2) is 6.13. The highest BCUT2D eigenvalue weighted by atomic mass is 16.3. The highest BCUT2D eigenvalue weighted by Crippen LogP contribution is 2.19. The molecule has 0 amide bonds. The van der Waals surface area contributed by atoms with Gasteiger partial charge in [-0.15, -0.1) is 5.10 Å². The Morgan fingerprint density at radius 2 is 2.00 bits per heavy atom. The lowest BCUT2D eigenvalue weighted by Gasteiger charge is -2.10. The maximum Gasteiger partial charge on any atom is 0.244 e. The summed E-state index contributed by atoms with van der Waals surface area (Å²) in [4.78, 5) is 11.7. The average Bonchev–Trinajstić information content (AvgIpc) is 3.23. The van der Waals surface area contributed by atoms with Gasteiger partial charge in [0.25, 0.3) is 0 Å². The Morgan fingerprint density at radius 1 is 1.12 bits per heavy atom. The van der Waals surface area contributed by atoms with E-state index in [1.54, 1.807) is 6.20 Å². The van der Waals surface area contributed by atoms with Crippen LogP contribution in [0.3, 0.4) is 0 Å². The molecule has 4 N–H and O–H groups in total. The normalized spacial score (nSPS) is 12.4. The number of pyridine rings is 1. The lowest BCUT2D eigenvalue weighted by Crippen LogP contribution is -2.22. The van der Waals surface area contributed by atoms with Crippen LogP contribution in [-0.2, 0) is 6.42 Å². The fourth-order valence-electron chi connectivity index (χ4n) is 2.65. The zero-order valence-corrected chi connectivity index (χ0v) is 12.8. The van der Waals surface area contributed by atoms with Gasteiger partial charge in [-0.25, -0.2) is 0 Å². The van der Waals surface area contributed by atoms with Crippen molar-refractivity contribution >= 4 is 16.9 Å². The minimum Gasteiger partial charge on any atom is -0.373 e. The van der Waals surface area contributed by atoms with Crippen LogP contribution in [0.25, 0.3) is 22.4 Å². The van der Waals surface area contributed by atoms with E-state index in [9.17, 15) is 5.11 Å². The number of fused-ring (bicyclic) bond motifs is 1. The molecule has 4 aromatic rings. The summed E-state index contributed by atoms with van der Waals surface area (Å²) in [6.45, 7) is 0. The summed E-state index contributed by atoms with van der Waals surface area (Å²) in [6.07, 6.45) is 3.25. The monoisotopic (exact) mass is 320 g/mol. The molecule has 3 heterocycles. The summed E-state index contributed by atoms with van der Waals surface area (Å²) < 4.78 is 0. The number of anilines is 1. The predicted octanol–water partition coefficient (Wildman–Crippen LogP) is 2.32. The first-order valence-corrected chi connectivity index (χ1v) is 7.63. The Morgan fingerprint density at radius 3 is 2.88 bits per heavy atom. The Balaban J connectivity index is 1.47. The minimum atomic E-state index is -0.795. The molecule has 0 radical (unpaired) electrons. The molecule has 7 heteroatoms. The summed E-state index contributed by atoms with van der Waals surface area (Å²) in [6, 6.07) is 13.5. The summed E-state index contributed by atoms with van der Waals surface area (Å²) in [7, 11) is 0. The molecule has 1 unspecified atom stereocenters. The van der Waals surface area contributed by atoms with Gasteiger partial charge in [0.15, 0.2) is 5.82 Å². The first-order chi connectivity index (χ1) is 11.8. The van der Waals surface area contributed by atoms with Crippen LogP contribution in [0.5, 0.6) is 0 Å². The molecule has 0 aliphatic carbocycles. The Labute approximate surface area is 137 Å². The van der Waals surface area contributed by atoms with Crippen LogP contribution in [0.2, 0.25) is 0 Å². The molecule has 0 aliphatic heterocycles. The van der Waals surface area contributed by atoms with Gasteiger partial charge < -0.3 is 15.4 Å². The first kappa shape index (κ1) is 14.4. The van der Waals surface area contributed by atoms with Crippen molar-refractivity contribution in [2.24, 2.45) is 0 Å². The van der Waals surface area contributed by atoms with Crippen LogP contribution in [-0.4, -0.2) is 36.5 Å². The van der Waals surface area contributed by atoms with E-state index in [0.29, 0.717) is 23.9 Å². The summed E-state index contributed by atoms with van der Waals surface area (Å²) >= 11 is 0. The van der Waals surface area contributed by atoms with Crippen molar-refractivity contribution in [2.75, 3.05) is 5.32 Å². The smallest absolute Gasteiger partial charge is 0.244 e. The Kier molecular flexibility index (Phi) is 3.68. The van der Waals surface area contributed by atoms with Gasteiger partial charge in [-0.3, -0.25) is 10.1 Å². The molecule has 1 atom stereocenters. The molecule has 0 aliphatic rings. The molecular weight excluding hydrogens is 304 g/mol. The summed E-state index contributed by atoms with van der Waals surface area (Å²) in [5.74, 6) is 0.889. The summed E-state index contributed by atoms with van der Waals surface area (Å²) in [5.41, 5.74) is 2.78. The number of benzene rings is 1. The molecule has 24 heavy (non-hydrogen) atoms. The van der Waals surface area contributed by atoms with E-state index in [-0.39, 0.29) is 0 Å². The largest absolute Gasteiger partial charge is 0.373 e. The van der Waals surface area contributed by atoms with E-state index in [4.69, 9.17) is 0 Å². The third-order valence-corrected chi connectivity index (χ3v) is 3.78. The Hall–Kier alpha value is -3.19. The molecule has 0 saturated heterocycles. The molecule has 3 aromatic heterocycles. The molecule has 0 saturated carbocycles. The SMILES string of the molecule is OC(Cc1c[nH]c2ccccc12)Nc1n[nH]c(-c2ccccn2)n1. The van der Waals surface area contributed by atoms with Crippen LogP contribution < -0.4 is 5.32 Å². The quantitative estimate of drug-likeness (QED) is 0.423. The molecule has 1 aromatic carbocycles. The van der Waals surface area contributed by atoms with Gasteiger partial charge in [0.2, 0.25) is 5.95 Å². The molecular formula is C17H16N6O. The lowest BCUT2D eigenvalue weighted by atomic mass is 10.1. The fraction of sp³-hybridized carbons (Fsp3) is 0.118. The summed E-state index contributed by atoms with van der Waals surface area (Å²) in [5, 5.41) is 21.2. The Bertz CT molecular complexity index is 946. The number of aromatic amines is 2. The molecule has 0 spiro atoms. The zero-order chi connectivity index (χ0) is 16.4. The van der Waals surface area contributed by atoms with Gasteiger partial charge in [0.05, 0.1) is 0 Å². The van der Waals surface area contributed by atoms with Crippen molar-refractivity contribution in [2.45, 2.75) is 12.6 Å². The van der Waals surface area contributed by atoms with Crippen LogP contribution in [0, 0.1) is 0 Å². The number of aliphatic hydroxyl groups is 1. The van der Waals surface area contributed by atoms with E-state index >= 15 is 0 Å². The number of hydrogen-bond acceptors (Lipinski definition) is 5. The third-order valence-electron chi connectivity index (χ3n) is 3.78. The van der Waals surface area contributed by atoms with Crippen LogP contribution in [0.15, 0.2) is 54.9 Å². The van der Waals surface area contributed by atoms with Crippen molar-refractivity contribution in [1.29, 1.82) is 0 Å². The van der Waals surface area contributed by atoms with Gasteiger partial charge in [-0.1, -0.05) is 24.3 Å². The lowest BCUT2D eigenvalue weighted by molar-refractivity contribution is 0.203. The van der Waals surface area contributed by atoms with Gasteiger partial charge in [-0.05, 0) is 23.8 Å². The number of hydrogen-bond donors (Lipinski definition) is 4. The predicted molar refractivity (Wildman–Crippen MR) is 91.2 cm³/mol. The molecule has 4 rings (SSSR count). The number of rotatable bonds is 5. The van der Waals surface area contributed by atoms with Crippen molar-refractivity contribution in [1.82, 2.24) is 25.1 Å². The minimum absolute atomic E-state index is 0.336. The molecule has 120 valence electrons. The highest BCUT2D eigenvalue weighted by Gasteiger charge is 2.13. The van der Waals surface area contributed by atoms with E-state index in [2.05, 4.69) is 30.5 Å². The van der Waals surface area contributed by atoms with E-state index in [1.165, 1.54) is 0 Å². The van der Waals surface area contributed by atoms with E-state index in [0.717, 1.165) is 16.5 Å². The van der Waals surface area contributed by atoms with Gasteiger partial charge in [0, 0.05) is 29.7 Å².